The van der Waals surface area contributed by atoms with Crippen molar-refractivity contribution < 1.29 is 9.53 Å². The van der Waals surface area contributed by atoms with E-state index < -0.39 is 0 Å². The molecule has 0 amide bonds. The lowest BCUT2D eigenvalue weighted by molar-refractivity contribution is 0.0889. The van der Waals surface area contributed by atoms with E-state index in [9.17, 15) is 4.79 Å². The number of hydrogen-bond acceptors (Lipinski definition) is 2. The molecule has 0 aliphatic heterocycles. The van der Waals surface area contributed by atoms with Crippen molar-refractivity contribution in [2.75, 3.05) is 13.7 Å². The van der Waals surface area contributed by atoms with Crippen molar-refractivity contribution in [1.82, 2.24) is 4.57 Å². The fraction of sp³-hybridized carbons (Fsp3) is 0.667. The highest BCUT2D eigenvalue weighted by Gasteiger charge is 2.35. The Kier molecular flexibility index (Phi) is 3.14. The van der Waals surface area contributed by atoms with Crippen LogP contribution in [0.3, 0.4) is 0 Å². The maximum Gasteiger partial charge on any atom is 0.165 e. The zero-order chi connectivity index (χ0) is 13.6. The number of ether oxygens (including phenoxy) is 1. The van der Waals surface area contributed by atoms with Crippen LogP contribution >= 0.6 is 0 Å². The molecule has 1 aromatic heterocycles. The zero-order valence-electron chi connectivity index (χ0n) is 12.0. The second kappa shape index (κ2) is 4.23. The van der Waals surface area contributed by atoms with Gasteiger partial charge in [0.15, 0.2) is 5.78 Å². The molecule has 1 aliphatic carbocycles. The molecule has 0 unspecified atom stereocenters. The van der Waals surface area contributed by atoms with Gasteiger partial charge in [-0.1, -0.05) is 13.8 Å². The number of aromatic nitrogens is 1. The van der Waals surface area contributed by atoms with Crippen LogP contribution in [-0.4, -0.2) is 24.1 Å². The number of ketones is 1. The Morgan fingerprint density at radius 1 is 1.39 bits per heavy atom. The lowest BCUT2D eigenvalue weighted by atomic mass is 9.76. The summed E-state index contributed by atoms with van der Waals surface area (Å²) in [4.78, 5) is 12.2. The summed E-state index contributed by atoms with van der Waals surface area (Å²) in [7, 11) is 1.72. The molecule has 0 aromatic carbocycles. The maximum absolute atomic E-state index is 12.2. The third kappa shape index (κ3) is 2.24. The summed E-state index contributed by atoms with van der Waals surface area (Å²) in [5, 5.41) is 0. The van der Waals surface area contributed by atoms with Gasteiger partial charge in [0.1, 0.15) is 0 Å². The average Bonchev–Trinajstić information content (AvgIpc) is 2.59. The molecule has 1 heterocycles. The first-order valence-electron chi connectivity index (χ1n) is 6.50. The molecular weight excluding hydrogens is 226 g/mol. The first-order valence-corrected chi connectivity index (χ1v) is 6.50. The number of nitrogens with zero attached hydrogens (tertiary/aromatic N) is 1. The van der Waals surface area contributed by atoms with Crippen LogP contribution in [0.1, 0.15) is 50.2 Å². The molecule has 0 N–H and O–H groups in total. The van der Waals surface area contributed by atoms with Gasteiger partial charge in [-0.3, -0.25) is 4.79 Å². The van der Waals surface area contributed by atoms with Crippen LogP contribution in [-0.2, 0) is 16.7 Å². The third-order valence-electron chi connectivity index (χ3n) is 3.73. The van der Waals surface area contributed by atoms with Crippen LogP contribution in [0.5, 0.6) is 0 Å². The number of rotatable bonds is 3. The van der Waals surface area contributed by atoms with E-state index in [1.54, 1.807) is 7.11 Å². The third-order valence-corrected chi connectivity index (χ3v) is 3.73. The summed E-state index contributed by atoms with van der Waals surface area (Å²) in [6.07, 6.45) is 3.63. The van der Waals surface area contributed by atoms with Crippen molar-refractivity contribution in [2.45, 2.75) is 46.1 Å². The van der Waals surface area contributed by atoms with Crippen molar-refractivity contribution in [2.24, 2.45) is 5.41 Å². The Labute approximate surface area is 109 Å². The Hall–Kier alpha value is -1.09. The van der Waals surface area contributed by atoms with E-state index in [4.69, 9.17) is 4.74 Å². The van der Waals surface area contributed by atoms with Crippen LogP contribution < -0.4 is 0 Å². The molecule has 18 heavy (non-hydrogen) atoms. The van der Waals surface area contributed by atoms with E-state index in [-0.39, 0.29) is 16.7 Å². The van der Waals surface area contributed by atoms with Gasteiger partial charge in [0, 0.05) is 31.0 Å². The quantitative estimate of drug-likeness (QED) is 0.824. The van der Waals surface area contributed by atoms with E-state index >= 15 is 0 Å². The van der Waals surface area contributed by atoms with Gasteiger partial charge in [0.25, 0.3) is 0 Å². The fourth-order valence-electron chi connectivity index (χ4n) is 2.93. The topological polar surface area (TPSA) is 31.2 Å². The molecule has 0 saturated carbocycles. The van der Waals surface area contributed by atoms with E-state index in [0.29, 0.717) is 13.0 Å². The molecule has 1 aromatic rings. The highest BCUT2D eigenvalue weighted by atomic mass is 16.5. The van der Waals surface area contributed by atoms with E-state index in [0.717, 1.165) is 12.0 Å². The predicted octanol–water partition coefficient (Wildman–Crippen LogP) is 3.02. The second-order valence-corrected chi connectivity index (χ2v) is 6.73. The number of hydrogen-bond donors (Lipinski definition) is 0. The smallest absolute Gasteiger partial charge is 0.165 e. The van der Waals surface area contributed by atoms with Gasteiger partial charge in [-0.2, -0.15) is 0 Å². The van der Waals surface area contributed by atoms with Gasteiger partial charge >= 0.3 is 0 Å². The van der Waals surface area contributed by atoms with Gasteiger partial charge in [-0.05, 0) is 31.7 Å². The minimum atomic E-state index is -0.115. The molecule has 2 rings (SSSR count). The Bertz CT molecular complexity index is 469. The molecule has 0 spiro atoms. The normalized spacial score (nSPS) is 18.8. The average molecular weight is 249 g/mol. The summed E-state index contributed by atoms with van der Waals surface area (Å²) in [5.41, 5.74) is 2.01. The summed E-state index contributed by atoms with van der Waals surface area (Å²) in [6, 6.07) is 1.96. The number of fused-ring (bicyclic) bond motifs is 1. The molecule has 0 bridgehead atoms. The molecule has 3 nitrogen and oxygen atoms in total. The highest BCUT2D eigenvalue weighted by Crippen LogP contribution is 2.37. The molecule has 0 fully saturated rings. The first kappa shape index (κ1) is 13.3. The van der Waals surface area contributed by atoms with Crippen molar-refractivity contribution in [3.05, 3.63) is 23.5 Å². The largest absolute Gasteiger partial charge is 0.382 e. The lowest BCUT2D eigenvalue weighted by Gasteiger charge is -2.34. The van der Waals surface area contributed by atoms with Gasteiger partial charge in [0.05, 0.1) is 12.1 Å². The van der Waals surface area contributed by atoms with E-state index in [2.05, 4.69) is 32.3 Å². The van der Waals surface area contributed by atoms with Crippen LogP contribution in [0, 0.1) is 5.41 Å². The number of carbonyl (C=O) groups is 1. The molecular formula is C15H23NO2. The van der Waals surface area contributed by atoms with Crippen molar-refractivity contribution in [3.63, 3.8) is 0 Å². The van der Waals surface area contributed by atoms with Crippen LogP contribution in [0.2, 0.25) is 0 Å². The Balaban J connectivity index is 2.46. The van der Waals surface area contributed by atoms with Crippen LogP contribution in [0.25, 0.3) is 0 Å². The molecule has 100 valence electrons. The van der Waals surface area contributed by atoms with Gasteiger partial charge in [-0.15, -0.1) is 0 Å². The van der Waals surface area contributed by atoms with Crippen LogP contribution in [0.4, 0.5) is 0 Å². The van der Waals surface area contributed by atoms with Gasteiger partial charge in [0.2, 0.25) is 0 Å². The molecule has 3 heteroatoms. The minimum absolute atomic E-state index is 0.0589. The molecule has 0 atom stereocenters. The fourth-order valence-corrected chi connectivity index (χ4v) is 2.93. The van der Waals surface area contributed by atoms with Gasteiger partial charge in [-0.25, -0.2) is 0 Å². The number of methoxy groups -OCH3 is 1. The summed E-state index contributed by atoms with van der Waals surface area (Å²) in [5.74, 6) is 0.271. The van der Waals surface area contributed by atoms with Crippen molar-refractivity contribution in [3.8, 4) is 0 Å². The van der Waals surface area contributed by atoms with Crippen molar-refractivity contribution >= 4 is 5.78 Å². The van der Waals surface area contributed by atoms with Gasteiger partial charge < -0.3 is 9.30 Å². The van der Waals surface area contributed by atoms with Crippen molar-refractivity contribution in [1.29, 1.82) is 0 Å². The molecule has 0 radical (unpaired) electrons. The zero-order valence-corrected chi connectivity index (χ0v) is 12.0. The molecule has 0 saturated heterocycles. The summed E-state index contributed by atoms with van der Waals surface area (Å²) < 4.78 is 7.51. The predicted molar refractivity (Wildman–Crippen MR) is 72.1 cm³/mol. The number of Topliss-reactive ketones (excluding diaryl/α,β-unsaturated/α-hetero) is 1. The lowest BCUT2D eigenvalue weighted by Crippen LogP contribution is -2.36. The monoisotopic (exact) mass is 249 g/mol. The summed E-state index contributed by atoms with van der Waals surface area (Å²) >= 11 is 0. The number of carbonyl (C=O) groups excluding carboxylic acids is 1. The Morgan fingerprint density at radius 2 is 2.06 bits per heavy atom. The summed E-state index contributed by atoms with van der Waals surface area (Å²) in [6.45, 7) is 9.25. The molecule has 1 aliphatic rings. The minimum Gasteiger partial charge on any atom is -0.382 e. The van der Waals surface area contributed by atoms with Crippen LogP contribution in [0.15, 0.2) is 12.3 Å². The SMILES string of the molecule is COCC(C)(C)n1ccc2c1CC(C)(C)CC2=O. The highest BCUT2D eigenvalue weighted by molar-refractivity contribution is 5.98. The van der Waals surface area contributed by atoms with E-state index in [1.807, 2.05) is 12.3 Å². The maximum atomic E-state index is 12.2. The van der Waals surface area contributed by atoms with E-state index in [1.165, 1.54) is 5.69 Å². The first-order chi connectivity index (χ1) is 8.27. The Morgan fingerprint density at radius 3 is 2.67 bits per heavy atom. The standard InChI is InChI=1S/C15H23NO2/c1-14(2)8-12-11(13(17)9-14)6-7-16(12)15(3,4)10-18-5/h6-7H,8-10H2,1-5H3. The second-order valence-electron chi connectivity index (χ2n) is 6.73.